The molecule has 0 unspecified atom stereocenters. The second kappa shape index (κ2) is 4.58. The van der Waals surface area contributed by atoms with Gasteiger partial charge in [-0.2, -0.15) is 0 Å². The molecule has 2 N–H and O–H groups in total. The lowest BCUT2D eigenvalue weighted by Crippen LogP contribution is -1.96. The molecule has 0 atom stereocenters. The van der Waals surface area contributed by atoms with E-state index >= 15 is 0 Å². The number of aromatic carboxylic acids is 1. The fourth-order valence-electron chi connectivity index (χ4n) is 2.02. The maximum Gasteiger partial charge on any atom is 0.339 e. The predicted octanol–water partition coefficient (Wildman–Crippen LogP) is 4.16. The summed E-state index contributed by atoms with van der Waals surface area (Å²) in [6, 6.07) is 11.3. The Bertz CT molecular complexity index is 820. The van der Waals surface area contributed by atoms with E-state index in [9.17, 15) is 9.90 Å². The lowest BCUT2D eigenvalue weighted by Gasteiger charge is -2.01. The first-order valence-electron chi connectivity index (χ1n) is 5.80. The summed E-state index contributed by atoms with van der Waals surface area (Å²) >= 11 is 5.91. The number of furan rings is 1. The van der Waals surface area contributed by atoms with Gasteiger partial charge in [0.05, 0.1) is 0 Å². The van der Waals surface area contributed by atoms with Gasteiger partial charge in [0.15, 0.2) is 0 Å². The van der Waals surface area contributed by atoms with Gasteiger partial charge >= 0.3 is 5.97 Å². The van der Waals surface area contributed by atoms with E-state index in [1.165, 1.54) is 12.1 Å². The van der Waals surface area contributed by atoms with Gasteiger partial charge in [-0.25, -0.2) is 4.79 Å². The standard InChI is InChI=1S/C15H9ClO4/c16-10-2-4-13-9(5-10)7-14(20-13)8-1-3-12(17)11(6-8)15(18)19/h1-7,17H,(H,18,19). The van der Waals surface area contributed by atoms with E-state index in [-0.39, 0.29) is 11.3 Å². The second-order valence-corrected chi connectivity index (χ2v) is 4.77. The van der Waals surface area contributed by atoms with Gasteiger partial charge < -0.3 is 14.6 Å². The van der Waals surface area contributed by atoms with E-state index in [2.05, 4.69) is 0 Å². The third kappa shape index (κ3) is 2.10. The zero-order chi connectivity index (χ0) is 14.3. The van der Waals surface area contributed by atoms with Crippen LogP contribution in [0.2, 0.25) is 5.02 Å². The van der Waals surface area contributed by atoms with Crippen molar-refractivity contribution in [2.24, 2.45) is 0 Å². The second-order valence-electron chi connectivity index (χ2n) is 4.33. The van der Waals surface area contributed by atoms with Crippen LogP contribution in [0.1, 0.15) is 10.4 Å². The molecule has 0 bridgehead atoms. The number of carboxylic acid groups (broad SMARTS) is 1. The van der Waals surface area contributed by atoms with Crippen molar-refractivity contribution in [3.05, 3.63) is 53.1 Å². The zero-order valence-electron chi connectivity index (χ0n) is 10.1. The lowest BCUT2D eigenvalue weighted by atomic mass is 10.1. The van der Waals surface area contributed by atoms with E-state index in [0.717, 1.165) is 5.39 Å². The van der Waals surface area contributed by atoms with E-state index in [1.54, 1.807) is 30.3 Å². The van der Waals surface area contributed by atoms with E-state index in [1.807, 2.05) is 0 Å². The number of hydrogen-bond donors (Lipinski definition) is 2. The molecular weight excluding hydrogens is 280 g/mol. The molecule has 0 saturated carbocycles. The minimum Gasteiger partial charge on any atom is -0.507 e. The molecule has 20 heavy (non-hydrogen) atoms. The molecule has 0 radical (unpaired) electrons. The largest absolute Gasteiger partial charge is 0.507 e. The molecule has 0 aliphatic rings. The SMILES string of the molecule is O=C(O)c1cc(-c2cc3cc(Cl)ccc3o2)ccc1O. The van der Waals surface area contributed by atoms with Gasteiger partial charge in [0.1, 0.15) is 22.7 Å². The number of aromatic hydroxyl groups is 1. The first kappa shape index (κ1) is 12.6. The van der Waals surface area contributed by atoms with Gasteiger partial charge in [0, 0.05) is 16.0 Å². The number of benzene rings is 2. The van der Waals surface area contributed by atoms with Crippen LogP contribution in [0.4, 0.5) is 0 Å². The van der Waals surface area contributed by atoms with Gasteiger partial charge in [-0.05, 0) is 42.5 Å². The molecule has 0 aliphatic carbocycles. The van der Waals surface area contributed by atoms with Crippen LogP contribution in [0, 0.1) is 0 Å². The topological polar surface area (TPSA) is 70.7 Å². The van der Waals surface area contributed by atoms with Crippen molar-refractivity contribution in [3.8, 4) is 17.1 Å². The van der Waals surface area contributed by atoms with Crippen molar-refractivity contribution in [1.29, 1.82) is 0 Å². The molecule has 100 valence electrons. The fourth-order valence-corrected chi connectivity index (χ4v) is 2.20. The molecule has 0 saturated heterocycles. The van der Waals surface area contributed by atoms with Crippen LogP contribution in [0.3, 0.4) is 0 Å². The van der Waals surface area contributed by atoms with Crippen LogP contribution in [-0.2, 0) is 0 Å². The number of carboxylic acids is 1. The summed E-state index contributed by atoms with van der Waals surface area (Å²) in [6.07, 6.45) is 0. The molecule has 1 aromatic heterocycles. The van der Waals surface area contributed by atoms with E-state index in [0.29, 0.717) is 21.9 Å². The number of hydrogen-bond acceptors (Lipinski definition) is 3. The number of rotatable bonds is 2. The molecule has 3 rings (SSSR count). The van der Waals surface area contributed by atoms with Crippen LogP contribution in [-0.4, -0.2) is 16.2 Å². The third-order valence-corrected chi connectivity index (χ3v) is 3.22. The van der Waals surface area contributed by atoms with Crippen molar-refractivity contribution in [2.45, 2.75) is 0 Å². The number of halogens is 1. The Morgan fingerprint density at radius 2 is 1.90 bits per heavy atom. The first-order valence-corrected chi connectivity index (χ1v) is 6.18. The minimum atomic E-state index is -1.19. The smallest absolute Gasteiger partial charge is 0.339 e. The zero-order valence-corrected chi connectivity index (χ0v) is 10.9. The molecule has 0 fully saturated rings. The minimum absolute atomic E-state index is 0.166. The van der Waals surface area contributed by atoms with Crippen LogP contribution >= 0.6 is 11.6 Å². The third-order valence-electron chi connectivity index (χ3n) is 2.99. The molecular formula is C15H9ClO4. The quantitative estimate of drug-likeness (QED) is 0.743. The van der Waals surface area contributed by atoms with Crippen LogP contribution in [0.5, 0.6) is 5.75 Å². The molecule has 0 spiro atoms. The predicted molar refractivity (Wildman–Crippen MR) is 75.3 cm³/mol. The summed E-state index contributed by atoms with van der Waals surface area (Å²) in [4.78, 5) is 11.0. The Balaban J connectivity index is 2.15. The van der Waals surface area contributed by atoms with Crippen molar-refractivity contribution in [3.63, 3.8) is 0 Å². The Morgan fingerprint density at radius 1 is 1.10 bits per heavy atom. The average molecular weight is 289 g/mol. The Kier molecular flexibility index (Phi) is 2.88. The summed E-state index contributed by atoms with van der Waals surface area (Å²) in [5, 5.41) is 19.9. The highest BCUT2D eigenvalue weighted by atomic mass is 35.5. The van der Waals surface area contributed by atoms with Crippen LogP contribution < -0.4 is 0 Å². The monoisotopic (exact) mass is 288 g/mol. The molecule has 3 aromatic rings. The van der Waals surface area contributed by atoms with E-state index < -0.39 is 5.97 Å². The maximum absolute atomic E-state index is 11.0. The Hall–Kier alpha value is -2.46. The molecule has 0 amide bonds. The fraction of sp³-hybridized carbons (Fsp3) is 0. The highest BCUT2D eigenvalue weighted by Gasteiger charge is 2.13. The molecule has 4 nitrogen and oxygen atoms in total. The molecule has 0 aliphatic heterocycles. The Labute approximate surface area is 118 Å². The van der Waals surface area contributed by atoms with Crippen LogP contribution in [0.15, 0.2) is 46.9 Å². The van der Waals surface area contributed by atoms with Crippen molar-refractivity contribution in [2.75, 3.05) is 0 Å². The van der Waals surface area contributed by atoms with Crippen LogP contribution in [0.25, 0.3) is 22.3 Å². The summed E-state index contributed by atoms with van der Waals surface area (Å²) < 4.78 is 5.65. The molecule has 1 heterocycles. The van der Waals surface area contributed by atoms with Gasteiger partial charge in [-0.15, -0.1) is 0 Å². The van der Waals surface area contributed by atoms with Gasteiger partial charge in [-0.3, -0.25) is 0 Å². The number of fused-ring (bicyclic) bond motifs is 1. The summed E-state index contributed by atoms with van der Waals surface area (Å²) in [5.41, 5.74) is 1.07. The number of carbonyl (C=O) groups is 1. The maximum atomic E-state index is 11.0. The summed E-state index contributed by atoms with van der Waals surface area (Å²) in [7, 11) is 0. The molecule has 2 aromatic carbocycles. The van der Waals surface area contributed by atoms with Gasteiger partial charge in [-0.1, -0.05) is 11.6 Å². The van der Waals surface area contributed by atoms with E-state index in [4.69, 9.17) is 21.1 Å². The van der Waals surface area contributed by atoms with Gasteiger partial charge in [0.2, 0.25) is 0 Å². The normalized spacial score (nSPS) is 10.8. The lowest BCUT2D eigenvalue weighted by molar-refractivity contribution is 0.0694. The first-order chi connectivity index (χ1) is 9.54. The van der Waals surface area contributed by atoms with Crippen molar-refractivity contribution < 1.29 is 19.4 Å². The summed E-state index contributed by atoms with van der Waals surface area (Å²) in [5.74, 6) is -0.950. The molecule has 5 heteroatoms. The highest BCUT2D eigenvalue weighted by molar-refractivity contribution is 6.31. The van der Waals surface area contributed by atoms with Crippen molar-refractivity contribution in [1.82, 2.24) is 0 Å². The Morgan fingerprint density at radius 3 is 2.65 bits per heavy atom. The van der Waals surface area contributed by atoms with Gasteiger partial charge in [0.25, 0.3) is 0 Å². The summed E-state index contributed by atoms with van der Waals surface area (Å²) in [6.45, 7) is 0. The number of phenols is 1. The highest BCUT2D eigenvalue weighted by Crippen LogP contribution is 2.31. The average Bonchev–Trinajstić information content (AvgIpc) is 2.81. The van der Waals surface area contributed by atoms with Crippen molar-refractivity contribution >= 4 is 28.5 Å².